The van der Waals surface area contributed by atoms with Gasteiger partial charge in [0.25, 0.3) is 0 Å². The summed E-state index contributed by atoms with van der Waals surface area (Å²) in [7, 11) is 3.84. The standard InChI is InChI=1S/C31H33Cl2NO3/c1-19(26-15-27(32)18-28(33)16-26)13-30(25-10-9-24-17-29(37-4)12-11-23(24)14-25)34(3)20(2)21-5-7-22(8-6-21)31(35)36/h5-12,14-20,23-24,30H,13H2,1-4H3,(H,35,36)/t19-,20?,23?,24?,30-/m1/s1. The first-order valence-electron chi connectivity index (χ1n) is 12.5. The summed E-state index contributed by atoms with van der Waals surface area (Å²) in [6, 6.07) is 13.1. The number of fused-ring (bicyclic) bond motifs is 1. The molecule has 194 valence electrons. The summed E-state index contributed by atoms with van der Waals surface area (Å²) in [6.45, 7) is 4.37. The van der Waals surface area contributed by atoms with E-state index in [9.17, 15) is 9.90 Å². The van der Waals surface area contributed by atoms with Gasteiger partial charge in [0.05, 0.1) is 12.7 Å². The van der Waals surface area contributed by atoms with Crippen molar-refractivity contribution in [2.45, 2.75) is 38.3 Å². The second kappa shape index (κ2) is 11.7. The highest BCUT2D eigenvalue weighted by Crippen LogP contribution is 2.37. The van der Waals surface area contributed by atoms with Gasteiger partial charge in [-0.2, -0.15) is 0 Å². The van der Waals surface area contributed by atoms with E-state index in [-0.39, 0.29) is 35.4 Å². The maximum atomic E-state index is 11.3. The Morgan fingerprint density at radius 1 is 0.973 bits per heavy atom. The number of carbonyl (C=O) groups is 1. The number of halogens is 2. The van der Waals surface area contributed by atoms with Crippen LogP contribution in [0.5, 0.6) is 0 Å². The maximum Gasteiger partial charge on any atom is 0.335 e. The van der Waals surface area contributed by atoms with Gasteiger partial charge in [0.2, 0.25) is 0 Å². The molecule has 37 heavy (non-hydrogen) atoms. The zero-order valence-electron chi connectivity index (χ0n) is 21.6. The molecule has 0 aromatic heterocycles. The van der Waals surface area contributed by atoms with E-state index in [1.54, 1.807) is 25.3 Å². The van der Waals surface area contributed by atoms with Crippen molar-refractivity contribution >= 4 is 29.2 Å². The lowest BCUT2D eigenvalue weighted by atomic mass is 9.79. The molecule has 2 aromatic rings. The third-order valence-corrected chi connectivity index (χ3v) is 8.01. The first kappa shape index (κ1) is 27.3. The quantitative estimate of drug-likeness (QED) is 0.351. The van der Waals surface area contributed by atoms with Crippen LogP contribution in [0.1, 0.15) is 53.7 Å². The predicted molar refractivity (Wildman–Crippen MR) is 151 cm³/mol. The minimum absolute atomic E-state index is 0.0666. The number of hydrogen-bond donors (Lipinski definition) is 1. The molecule has 0 saturated carbocycles. The minimum atomic E-state index is -0.919. The molecule has 0 aliphatic heterocycles. The van der Waals surface area contributed by atoms with Crippen molar-refractivity contribution in [1.29, 1.82) is 0 Å². The number of benzene rings is 2. The molecule has 2 aliphatic carbocycles. The molecule has 0 bridgehead atoms. The lowest BCUT2D eigenvalue weighted by Gasteiger charge is -2.38. The fraction of sp³-hybridized carbons (Fsp3) is 0.323. The average molecular weight is 539 g/mol. The zero-order valence-corrected chi connectivity index (χ0v) is 23.1. The summed E-state index contributed by atoms with van der Waals surface area (Å²) < 4.78 is 5.43. The molecule has 4 nitrogen and oxygen atoms in total. The Balaban J connectivity index is 1.64. The number of carboxylic acids is 1. The minimum Gasteiger partial charge on any atom is -0.497 e. The Bertz CT molecular complexity index is 1240. The topological polar surface area (TPSA) is 49.8 Å². The Hall–Kier alpha value is -2.79. The third-order valence-electron chi connectivity index (χ3n) is 7.57. The van der Waals surface area contributed by atoms with Crippen LogP contribution in [0.15, 0.2) is 90.3 Å². The molecule has 0 heterocycles. The van der Waals surface area contributed by atoms with Crippen LogP contribution in [-0.4, -0.2) is 36.2 Å². The molecule has 3 unspecified atom stereocenters. The first-order valence-corrected chi connectivity index (χ1v) is 13.3. The summed E-state index contributed by atoms with van der Waals surface area (Å²) in [5.74, 6) is 0.730. The number of carboxylic acid groups (broad SMARTS) is 1. The molecule has 0 saturated heterocycles. The maximum absolute atomic E-state index is 11.3. The van der Waals surface area contributed by atoms with Gasteiger partial charge in [-0.15, -0.1) is 0 Å². The highest BCUT2D eigenvalue weighted by Gasteiger charge is 2.30. The predicted octanol–water partition coefficient (Wildman–Crippen LogP) is 8.08. The summed E-state index contributed by atoms with van der Waals surface area (Å²) in [6.07, 6.45) is 14.1. The van der Waals surface area contributed by atoms with Crippen molar-refractivity contribution in [2.24, 2.45) is 11.8 Å². The van der Waals surface area contributed by atoms with Crippen molar-refractivity contribution in [1.82, 2.24) is 4.90 Å². The van der Waals surface area contributed by atoms with Crippen molar-refractivity contribution in [2.75, 3.05) is 14.2 Å². The number of hydrogen-bond acceptors (Lipinski definition) is 3. The lowest BCUT2D eigenvalue weighted by molar-refractivity contribution is 0.0697. The summed E-state index contributed by atoms with van der Waals surface area (Å²) >= 11 is 12.7. The van der Waals surface area contributed by atoms with Crippen LogP contribution >= 0.6 is 23.2 Å². The monoisotopic (exact) mass is 537 g/mol. The van der Waals surface area contributed by atoms with Gasteiger partial charge in [-0.3, -0.25) is 4.90 Å². The van der Waals surface area contributed by atoms with Crippen LogP contribution in [-0.2, 0) is 4.74 Å². The largest absolute Gasteiger partial charge is 0.497 e. The molecule has 4 rings (SSSR count). The number of aromatic carboxylic acids is 1. The summed E-state index contributed by atoms with van der Waals surface area (Å²) in [4.78, 5) is 13.7. The van der Waals surface area contributed by atoms with Crippen molar-refractivity contribution < 1.29 is 14.6 Å². The van der Waals surface area contributed by atoms with Crippen LogP contribution < -0.4 is 0 Å². The Labute approximate surface area is 229 Å². The van der Waals surface area contributed by atoms with E-state index in [1.807, 2.05) is 30.3 Å². The Morgan fingerprint density at radius 3 is 2.22 bits per heavy atom. The molecule has 2 aromatic carbocycles. The van der Waals surface area contributed by atoms with Gasteiger partial charge in [-0.25, -0.2) is 4.79 Å². The Morgan fingerprint density at radius 2 is 1.59 bits per heavy atom. The smallest absolute Gasteiger partial charge is 0.335 e. The molecule has 0 fully saturated rings. The highest BCUT2D eigenvalue weighted by molar-refractivity contribution is 6.34. The normalized spacial score (nSPS) is 21.1. The Kier molecular flexibility index (Phi) is 8.63. The van der Waals surface area contributed by atoms with E-state index in [0.29, 0.717) is 10.0 Å². The van der Waals surface area contributed by atoms with Gasteiger partial charge in [0.1, 0.15) is 5.76 Å². The van der Waals surface area contributed by atoms with E-state index in [4.69, 9.17) is 27.9 Å². The van der Waals surface area contributed by atoms with Crippen molar-refractivity contribution in [3.63, 3.8) is 0 Å². The van der Waals surface area contributed by atoms with E-state index in [0.717, 1.165) is 23.3 Å². The molecule has 1 N–H and O–H groups in total. The second-order valence-corrected chi connectivity index (χ2v) is 10.8. The number of allylic oxidation sites excluding steroid dienone is 5. The highest BCUT2D eigenvalue weighted by atomic mass is 35.5. The summed E-state index contributed by atoms with van der Waals surface area (Å²) in [5, 5.41) is 10.6. The number of methoxy groups -OCH3 is 1. The van der Waals surface area contributed by atoms with E-state index < -0.39 is 5.97 Å². The molecule has 0 amide bonds. The van der Waals surface area contributed by atoms with Crippen molar-refractivity contribution in [3.8, 4) is 0 Å². The SMILES string of the molecule is COC1=CC2C=CC([C@@H](C[C@@H](C)c3cc(Cl)cc(Cl)c3)N(C)C(C)c3ccc(C(=O)O)cc3)=CC2C=C1. The number of rotatable bonds is 9. The fourth-order valence-electron chi connectivity index (χ4n) is 5.18. The molecule has 5 atom stereocenters. The van der Waals surface area contributed by atoms with Gasteiger partial charge in [-0.05, 0) is 85.5 Å². The van der Waals surface area contributed by atoms with Crippen LogP contribution in [0.25, 0.3) is 0 Å². The van der Waals surface area contributed by atoms with Crippen LogP contribution in [0, 0.1) is 11.8 Å². The first-order chi connectivity index (χ1) is 17.7. The van der Waals surface area contributed by atoms with Gasteiger partial charge in [-0.1, -0.05) is 66.6 Å². The zero-order chi connectivity index (χ0) is 26.7. The molecule has 6 heteroatoms. The van der Waals surface area contributed by atoms with E-state index in [2.05, 4.69) is 56.2 Å². The molecular formula is C31H33Cl2NO3. The number of likely N-dealkylation sites (N-methyl/N-ethyl adjacent to an activating group) is 1. The van der Waals surface area contributed by atoms with Gasteiger partial charge >= 0.3 is 5.97 Å². The van der Waals surface area contributed by atoms with Gasteiger partial charge in [0.15, 0.2) is 0 Å². The number of nitrogens with zero attached hydrogens (tertiary/aromatic N) is 1. The second-order valence-electron chi connectivity index (χ2n) is 9.94. The van der Waals surface area contributed by atoms with Crippen molar-refractivity contribution in [3.05, 3.63) is 117 Å². The molecule has 0 spiro atoms. The van der Waals surface area contributed by atoms with E-state index in [1.165, 1.54) is 5.57 Å². The average Bonchev–Trinajstić information content (AvgIpc) is 2.89. The molecule has 0 radical (unpaired) electrons. The lowest BCUT2D eigenvalue weighted by Crippen LogP contribution is -2.37. The van der Waals surface area contributed by atoms with Crippen LogP contribution in [0.4, 0.5) is 0 Å². The molecular weight excluding hydrogens is 505 g/mol. The van der Waals surface area contributed by atoms with Gasteiger partial charge in [0, 0.05) is 34.0 Å². The van der Waals surface area contributed by atoms with Crippen LogP contribution in [0.2, 0.25) is 10.0 Å². The number of ether oxygens (including phenoxy) is 1. The molecule has 2 aliphatic rings. The van der Waals surface area contributed by atoms with Gasteiger partial charge < -0.3 is 9.84 Å². The summed E-state index contributed by atoms with van der Waals surface area (Å²) in [5.41, 5.74) is 3.73. The van der Waals surface area contributed by atoms with Crippen LogP contribution in [0.3, 0.4) is 0 Å². The fourth-order valence-corrected chi connectivity index (χ4v) is 5.72. The third kappa shape index (κ3) is 6.38. The van der Waals surface area contributed by atoms with E-state index >= 15 is 0 Å².